The van der Waals surface area contributed by atoms with Gasteiger partial charge in [0.05, 0.1) is 12.0 Å². The normalized spacial score (nSPS) is 19.4. The number of allylic oxidation sites excluding steroid dienone is 1. The fourth-order valence-corrected chi connectivity index (χ4v) is 3.40. The van der Waals surface area contributed by atoms with Gasteiger partial charge in [0.1, 0.15) is 0 Å². The van der Waals surface area contributed by atoms with Gasteiger partial charge in [0.2, 0.25) is 5.91 Å². The Balaban J connectivity index is 2.81. The van der Waals surface area contributed by atoms with E-state index in [1.807, 2.05) is 24.8 Å². The molecule has 0 N–H and O–H groups in total. The second-order valence-corrected chi connectivity index (χ2v) is 13.3. The fourth-order valence-electron chi connectivity index (χ4n) is 2.36. The summed E-state index contributed by atoms with van der Waals surface area (Å²) in [5, 5.41) is 0.177. The smallest absolute Gasteiger partial charge is 0.232 e. The molecule has 0 atom stereocenters. The molecule has 23 heavy (non-hydrogen) atoms. The molecule has 0 spiro atoms. The van der Waals surface area contributed by atoms with Crippen LogP contribution in [0.25, 0.3) is 0 Å². The minimum atomic E-state index is -1.79. The molecule has 1 rings (SSSR count). The molecule has 0 aromatic rings. The molecule has 0 bridgehead atoms. The van der Waals surface area contributed by atoms with E-state index in [0.717, 1.165) is 11.1 Å². The van der Waals surface area contributed by atoms with Crippen molar-refractivity contribution < 1.29 is 9.22 Å². The third-order valence-corrected chi connectivity index (χ3v) is 9.53. The Morgan fingerprint density at radius 3 is 2.43 bits per heavy atom. The Morgan fingerprint density at radius 1 is 1.39 bits per heavy atom. The number of carbonyl (C=O) groups is 1. The number of hydrogen-bond acceptors (Lipinski definition) is 2. The molecule has 0 fully saturated rings. The topological polar surface area (TPSA) is 29.5 Å². The Morgan fingerprint density at radius 2 is 1.96 bits per heavy atom. The van der Waals surface area contributed by atoms with Crippen LogP contribution in [0.15, 0.2) is 36.5 Å². The summed E-state index contributed by atoms with van der Waals surface area (Å²) >= 11 is 0. The van der Waals surface area contributed by atoms with Crippen molar-refractivity contribution >= 4 is 14.2 Å². The molecule has 1 aliphatic heterocycles. The molecule has 3 nitrogen and oxygen atoms in total. The van der Waals surface area contributed by atoms with Crippen LogP contribution in [-0.4, -0.2) is 38.8 Å². The molecule has 0 aromatic heterocycles. The summed E-state index contributed by atoms with van der Waals surface area (Å²) in [5.74, 6) is 0.120. The van der Waals surface area contributed by atoms with E-state index in [1.165, 1.54) is 0 Å². The third-order valence-electron chi connectivity index (χ3n) is 4.99. The zero-order valence-electron chi connectivity index (χ0n) is 16.0. The van der Waals surface area contributed by atoms with Crippen LogP contribution >= 0.6 is 0 Å². The van der Waals surface area contributed by atoms with Gasteiger partial charge in [0.25, 0.3) is 0 Å². The molecule has 1 heterocycles. The molecule has 0 saturated heterocycles. The molecule has 1 aliphatic rings. The van der Waals surface area contributed by atoms with Crippen molar-refractivity contribution in [2.24, 2.45) is 5.41 Å². The van der Waals surface area contributed by atoms with Gasteiger partial charge in [-0.2, -0.15) is 0 Å². The summed E-state index contributed by atoms with van der Waals surface area (Å²) in [4.78, 5) is 14.7. The third kappa shape index (κ3) is 4.67. The molecular weight excluding hydrogens is 302 g/mol. The van der Waals surface area contributed by atoms with Gasteiger partial charge in [0.15, 0.2) is 8.32 Å². The predicted octanol–water partition coefficient (Wildman–Crippen LogP) is 4.55. The van der Waals surface area contributed by atoms with Crippen molar-refractivity contribution in [1.29, 1.82) is 0 Å². The fraction of sp³-hybridized carbons (Fsp3) is 0.632. The van der Waals surface area contributed by atoms with Crippen molar-refractivity contribution in [1.82, 2.24) is 4.90 Å². The monoisotopic (exact) mass is 335 g/mol. The number of nitrogens with zero attached hydrogens (tertiary/aromatic N) is 1. The van der Waals surface area contributed by atoms with Gasteiger partial charge in [-0.1, -0.05) is 46.1 Å². The molecule has 1 amide bonds. The Labute approximate surface area is 143 Å². The molecule has 0 radical (unpaired) electrons. The van der Waals surface area contributed by atoms with Crippen molar-refractivity contribution in [3.05, 3.63) is 36.5 Å². The predicted molar refractivity (Wildman–Crippen MR) is 101 cm³/mol. The average Bonchev–Trinajstić information content (AvgIpc) is 2.48. The molecule has 0 aliphatic carbocycles. The van der Waals surface area contributed by atoms with Crippen LogP contribution in [0.2, 0.25) is 18.1 Å². The molecule has 0 unspecified atom stereocenters. The number of rotatable bonds is 5. The summed E-state index contributed by atoms with van der Waals surface area (Å²) in [5.41, 5.74) is 1.36. The first-order valence-corrected chi connectivity index (χ1v) is 11.2. The van der Waals surface area contributed by atoms with Crippen molar-refractivity contribution in [2.75, 3.05) is 19.7 Å². The van der Waals surface area contributed by atoms with Crippen molar-refractivity contribution in [3.8, 4) is 0 Å². The number of carbonyl (C=O) groups excluding carboxylic acids is 1. The molecule has 0 aromatic carbocycles. The first-order chi connectivity index (χ1) is 10.3. The lowest BCUT2D eigenvalue weighted by molar-refractivity contribution is -0.137. The van der Waals surface area contributed by atoms with E-state index in [9.17, 15) is 4.79 Å². The van der Waals surface area contributed by atoms with Crippen LogP contribution in [0.5, 0.6) is 0 Å². The number of hydrogen-bond donors (Lipinski definition) is 0. The standard InChI is InChI=1S/C19H33NO2Si/c1-10-16-13-19(6,7)17(21)20(14-15(16)2)11-12-22-23(8,9)18(3,4)5/h10,13H,1-2,11-12,14H2,3-9H3. The lowest BCUT2D eigenvalue weighted by atomic mass is 9.89. The highest BCUT2D eigenvalue weighted by Gasteiger charge is 2.38. The van der Waals surface area contributed by atoms with Gasteiger partial charge in [-0.3, -0.25) is 4.79 Å². The lowest BCUT2D eigenvalue weighted by Gasteiger charge is -2.37. The number of amides is 1. The Bertz CT molecular complexity index is 524. The summed E-state index contributed by atoms with van der Waals surface area (Å²) in [6.07, 6.45) is 3.76. The first kappa shape index (κ1) is 19.9. The zero-order valence-corrected chi connectivity index (χ0v) is 17.0. The van der Waals surface area contributed by atoms with E-state index in [2.05, 4.69) is 47.0 Å². The van der Waals surface area contributed by atoms with Gasteiger partial charge in [-0.05, 0) is 43.1 Å². The van der Waals surface area contributed by atoms with E-state index in [4.69, 9.17) is 4.43 Å². The summed E-state index contributed by atoms with van der Waals surface area (Å²) in [7, 11) is -1.79. The molecule has 130 valence electrons. The Kier molecular flexibility index (Phi) is 5.87. The van der Waals surface area contributed by atoms with Gasteiger partial charge in [-0.15, -0.1) is 0 Å². The quantitative estimate of drug-likeness (QED) is 0.690. The highest BCUT2D eigenvalue weighted by molar-refractivity contribution is 6.74. The largest absolute Gasteiger partial charge is 0.415 e. The maximum atomic E-state index is 12.8. The molecule has 0 saturated carbocycles. The summed E-state index contributed by atoms with van der Waals surface area (Å²) in [6.45, 7) is 24.7. The van der Waals surface area contributed by atoms with Crippen LogP contribution in [0.1, 0.15) is 34.6 Å². The van der Waals surface area contributed by atoms with E-state index >= 15 is 0 Å². The lowest BCUT2D eigenvalue weighted by Crippen LogP contribution is -2.45. The minimum absolute atomic E-state index is 0.120. The minimum Gasteiger partial charge on any atom is -0.415 e. The van der Waals surface area contributed by atoms with Crippen LogP contribution in [-0.2, 0) is 9.22 Å². The SMILES string of the molecule is C=CC1=CC(C)(C)C(=O)N(CCO[Si](C)(C)C(C)(C)C)CC1=C. The van der Waals surface area contributed by atoms with Crippen LogP contribution in [0.3, 0.4) is 0 Å². The second kappa shape index (κ2) is 6.77. The maximum Gasteiger partial charge on any atom is 0.232 e. The average molecular weight is 336 g/mol. The van der Waals surface area contributed by atoms with Gasteiger partial charge >= 0.3 is 0 Å². The van der Waals surface area contributed by atoms with Gasteiger partial charge < -0.3 is 9.33 Å². The molecular formula is C19H33NO2Si. The van der Waals surface area contributed by atoms with Crippen LogP contribution in [0, 0.1) is 5.41 Å². The van der Waals surface area contributed by atoms with Crippen LogP contribution in [0.4, 0.5) is 0 Å². The summed E-state index contributed by atoms with van der Waals surface area (Å²) in [6, 6.07) is 0. The zero-order chi connectivity index (χ0) is 18.1. The molecule has 4 heteroatoms. The summed E-state index contributed by atoms with van der Waals surface area (Å²) < 4.78 is 6.22. The van der Waals surface area contributed by atoms with Gasteiger partial charge in [-0.25, -0.2) is 0 Å². The van der Waals surface area contributed by atoms with E-state index in [0.29, 0.717) is 19.7 Å². The van der Waals surface area contributed by atoms with Gasteiger partial charge in [0, 0.05) is 13.1 Å². The van der Waals surface area contributed by atoms with E-state index in [1.54, 1.807) is 6.08 Å². The second-order valence-electron chi connectivity index (χ2n) is 8.46. The maximum absolute atomic E-state index is 12.8. The first-order valence-electron chi connectivity index (χ1n) is 8.28. The van der Waals surface area contributed by atoms with E-state index < -0.39 is 13.7 Å². The highest BCUT2D eigenvalue weighted by atomic mass is 28.4. The highest BCUT2D eigenvalue weighted by Crippen LogP contribution is 2.36. The van der Waals surface area contributed by atoms with Crippen molar-refractivity contribution in [2.45, 2.75) is 52.8 Å². The van der Waals surface area contributed by atoms with Crippen molar-refractivity contribution in [3.63, 3.8) is 0 Å². The van der Waals surface area contributed by atoms with Crippen LogP contribution < -0.4 is 0 Å². The van der Waals surface area contributed by atoms with E-state index in [-0.39, 0.29) is 10.9 Å². The Hall–Kier alpha value is -1.13.